The third-order valence-corrected chi connectivity index (χ3v) is 5.37. The minimum absolute atomic E-state index is 0.303. The van der Waals surface area contributed by atoms with Crippen molar-refractivity contribution in [3.05, 3.63) is 29.3 Å². The van der Waals surface area contributed by atoms with E-state index in [2.05, 4.69) is 31.0 Å². The number of aryl methyl sites for hydroxylation is 1. The lowest BCUT2D eigenvalue weighted by Gasteiger charge is -2.43. The standard InChI is InChI=1S/C17H25NO/c1-3-4-9-17-10-11-18(2)16(17)8-6-13-5-7-14(19)12-15(13)17/h5,7,12,16,19H,3-4,6,8-11H2,1-2H3/t16-,17-/m0/s1. The molecule has 0 spiro atoms. The normalized spacial score (nSPS) is 30.1. The van der Waals surface area contributed by atoms with Gasteiger partial charge in [0.1, 0.15) is 5.75 Å². The van der Waals surface area contributed by atoms with Gasteiger partial charge < -0.3 is 10.0 Å². The summed E-state index contributed by atoms with van der Waals surface area (Å²) < 4.78 is 0. The van der Waals surface area contributed by atoms with E-state index in [4.69, 9.17) is 0 Å². The summed E-state index contributed by atoms with van der Waals surface area (Å²) in [4.78, 5) is 2.54. The van der Waals surface area contributed by atoms with Crippen LogP contribution in [0.1, 0.15) is 50.2 Å². The fourth-order valence-corrected chi connectivity index (χ4v) is 4.39. The van der Waals surface area contributed by atoms with Gasteiger partial charge in [-0.15, -0.1) is 0 Å². The van der Waals surface area contributed by atoms with Crippen LogP contribution in [-0.4, -0.2) is 29.6 Å². The topological polar surface area (TPSA) is 23.5 Å². The summed E-state index contributed by atoms with van der Waals surface area (Å²) in [5.74, 6) is 0.435. The van der Waals surface area contributed by atoms with Crippen molar-refractivity contribution >= 4 is 0 Å². The lowest BCUT2D eigenvalue weighted by Crippen LogP contribution is -2.44. The molecule has 1 fully saturated rings. The van der Waals surface area contributed by atoms with Crippen LogP contribution in [0.3, 0.4) is 0 Å². The van der Waals surface area contributed by atoms with Crippen molar-refractivity contribution in [3.63, 3.8) is 0 Å². The molecule has 0 radical (unpaired) electrons. The Labute approximate surface area is 116 Å². The quantitative estimate of drug-likeness (QED) is 0.898. The van der Waals surface area contributed by atoms with Crippen molar-refractivity contribution < 1.29 is 5.11 Å². The molecule has 3 rings (SSSR count). The second kappa shape index (κ2) is 4.82. The van der Waals surface area contributed by atoms with Crippen LogP contribution in [0.4, 0.5) is 0 Å². The maximum absolute atomic E-state index is 9.90. The first kappa shape index (κ1) is 13.0. The Balaban J connectivity index is 2.06. The Kier molecular flexibility index (Phi) is 3.30. The van der Waals surface area contributed by atoms with Gasteiger partial charge in [0, 0.05) is 11.5 Å². The van der Waals surface area contributed by atoms with E-state index in [1.807, 2.05) is 6.07 Å². The molecule has 2 aliphatic rings. The van der Waals surface area contributed by atoms with Crippen LogP contribution in [0.5, 0.6) is 5.75 Å². The van der Waals surface area contributed by atoms with Gasteiger partial charge in [-0.1, -0.05) is 25.8 Å². The van der Waals surface area contributed by atoms with Gasteiger partial charge in [-0.25, -0.2) is 0 Å². The average Bonchev–Trinajstić information content (AvgIpc) is 2.75. The van der Waals surface area contributed by atoms with Crippen molar-refractivity contribution in [2.75, 3.05) is 13.6 Å². The van der Waals surface area contributed by atoms with Crippen molar-refractivity contribution in [1.82, 2.24) is 4.90 Å². The van der Waals surface area contributed by atoms with E-state index in [-0.39, 0.29) is 0 Å². The number of likely N-dealkylation sites (N-methyl/N-ethyl adjacent to an activating group) is 1. The molecule has 1 aliphatic heterocycles. The Morgan fingerprint density at radius 3 is 3.05 bits per heavy atom. The highest BCUT2D eigenvalue weighted by atomic mass is 16.3. The largest absolute Gasteiger partial charge is 0.508 e. The summed E-state index contributed by atoms with van der Waals surface area (Å²) in [7, 11) is 2.27. The SMILES string of the molecule is CCCC[C@@]12CCN(C)[C@H]1CCc1ccc(O)cc12. The first-order chi connectivity index (χ1) is 9.17. The number of aromatic hydroxyl groups is 1. The van der Waals surface area contributed by atoms with Gasteiger partial charge >= 0.3 is 0 Å². The number of nitrogens with zero attached hydrogens (tertiary/aromatic N) is 1. The maximum Gasteiger partial charge on any atom is 0.115 e. The molecule has 1 saturated heterocycles. The van der Waals surface area contributed by atoms with Crippen molar-refractivity contribution in [1.29, 1.82) is 0 Å². The summed E-state index contributed by atoms with van der Waals surface area (Å²) in [6.45, 7) is 3.47. The number of phenolic OH excluding ortho intramolecular Hbond substituents is 1. The molecule has 19 heavy (non-hydrogen) atoms. The van der Waals surface area contributed by atoms with E-state index < -0.39 is 0 Å². The number of likely N-dealkylation sites (tertiary alicyclic amines) is 1. The number of phenols is 1. The summed E-state index contributed by atoms with van der Waals surface area (Å²) in [6, 6.07) is 6.72. The molecule has 0 bridgehead atoms. The Hall–Kier alpha value is -1.02. The summed E-state index contributed by atoms with van der Waals surface area (Å²) >= 11 is 0. The molecule has 1 N–H and O–H groups in total. The van der Waals surface area contributed by atoms with Gasteiger partial charge in [0.25, 0.3) is 0 Å². The van der Waals surface area contributed by atoms with Gasteiger partial charge in [-0.2, -0.15) is 0 Å². The van der Waals surface area contributed by atoms with Gasteiger partial charge in [-0.05, 0) is 62.5 Å². The number of rotatable bonds is 3. The molecule has 0 unspecified atom stereocenters. The highest BCUT2D eigenvalue weighted by Crippen LogP contribution is 2.50. The van der Waals surface area contributed by atoms with Gasteiger partial charge in [0.2, 0.25) is 0 Å². The molecule has 0 amide bonds. The van der Waals surface area contributed by atoms with Crippen molar-refractivity contribution in [2.45, 2.75) is 56.9 Å². The van der Waals surface area contributed by atoms with Crippen molar-refractivity contribution in [3.8, 4) is 5.75 Å². The smallest absolute Gasteiger partial charge is 0.115 e. The predicted octanol–water partition coefficient (Wildman–Crippen LogP) is 3.47. The highest BCUT2D eigenvalue weighted by molar-refractivity contribution is 5.44. The van der Waals surface area contributed by atoms with E-state index in [0.717, 1.165) is 0 Å². The van der Waals surface area contributed by atoms with Crippen LogP contribution in [0.2, 0.25) is 0 Å². The van der Waals surface area contributed by atoms with E-state index in [1.54, 1.807) is 0 Å². The fourth-order valence-electron chi connectivity index (χ4n) is 4.39. The summed E-state index contributed by atoms with van der Waals surface area (Å²) in [5, 5.41) is 9.90. The molecule has 0 saturated carbocycles. The lowest BCUT2D eigenvalue weighted by molar-refractivity contribution is 0.204. The molecule has 1 heterocycles. The molecule has 2 heteroatoms. The third-order valence-electron chi connectivity index (χ3n) is 5.37. The number of benzene rings is 1. The average molecular weight is 259 g/mol. The maximum atomic E-state index is 9.90. The van der Waals surface area contributed by atoms with E-state index in [1.165, 1.54) is 56.2 Å². The fraction of sp³-hybridized carbons (Fsp3) is 0.647. The Morgan fingerprint density at radius 2 is 2.26 bits per heavy atom. The molecule has 1 aromatic carbocycles. The monoisotopic (exact) mass is 259 g/mol. The van der Waals surface area contributed by atoms with Crippen LogP contribution in [0.15, 0.2) is 18.2 Å². The first-order valence-corrected chi connectivity index (χ1v) is 7.70. The first-order valence-electron chi connectivity index (χ1n) is 7.70. The molecule has 2 nitrogen and oxygen atoms in total. The van der Waals surface area contributed by atoms with Crippen LogP contribution >= 0.6 is 0 Å². The predicted molar refractivity (Wildman–Crippen MR) is 78.7 cm³/mol. The van der Waals surface area contributed by atoms with Gasteiger partial charge in [0.05, 0.1) is 0 Å². The number of fused-ring (bicyclic) bond motifs is 3. The molecule has 1 aromatic rings. The molecule has 104 valence electrons. The zero-order valence-electron chi connectivity index (χ0n) is 12.2. The number of hydrogen-bond donors (Lipinski definition) is 1. The Bertz CT molecular complexity index is 470. The molecule has 0 aromatic heterocycles. The summed E-state index contributed by atoms with van der Waals surface area (Å²) in [6.07, 6.45) is 7.52. The van der Waals surface area contributed by atoms with Crippen LogP contribution in [0.25, 0.3) is 0 Å². The third kappa shape index (κ3) is 1.97. The summed E-state index contributed by atoms with van der Waals surface area (Å²) in [5.41, 5.74) is 3.22. The highest BCUT2D eigenvalue weighted by Gasteiger charge is 2.49. The molecular formula is C17H25NO. The van der Waals surface area contributed by atoms with Crippen LogP contribution in [0, 0.1) is 0 Å². The Morgan fingerprint density at radius 1 is 1.42 bits per heavy atom. The second-order valence-electron chi connectivity index (χ2n) is 6.39. The van der Waals surface area contributed by atoms with Gasteiger partial charge in [-0.3, -0.25) is 0 Å². The minimum Gasteiger partial charge on any atom is -0.508 e. The number of unbranched alkanes of at least 4 members (excludes halogenated alkanes) is 1. The molecular weight excluding hydrogens is 234 g/mol. The molecule has 2 atom stereocenters. The van der Waals surface area contributed by atoms with Crippen LogP contribution in [-0.2, 0) is 11.8 Å². The van der Waals surface area contributed by atoms with E-state index >= 15 is 0 Å². The van der Waals surface area contributed by atoms with E-state index in [9.17, 15) is 5.11 Å². The lowest BCUT2D eigenvalue weighted by atomic mass is 9.64. The van der Waals surface area contributed by atoms with Crippen LogP contribution < -0.4 is 0 Å². The minimum atomic E-state index is 0.303. The zero-order chi connectivity index (χ0) is 13.5. The number of hydrogen-bond acceptors (Lipinski definition) is 2. The van der Waals surface area contributed by atoms with Gasteiger partial charge in [0.15, 0.2) is 0 Å². The molecule has 1 aliphatic carbocycles. The zero-order valence-corrected chi connectivity index (χ0v) is 12.2. The van der Waals surface area contributed by atoms with E-state index in [0.29, 0.717) is 17.2 Å². The second-order valence-corrected chi connectivity index (χ2v) is 6.39. The van der Waals surface area contributed by atoms with Crippen molar-refractivity contribution in [2.24, 2.45) is 0 Å².